The van der Waals surface area contributed by atoms with Crippen molar-refractivity contribution < 1.29 is 13.9 Å². The summed E-state index contributed by atoms with van der Waals surface area (Å²) in [6.45, 7) is 3.36. The van der Waals surface area contributed by atoms with E-state index in [9.17, 15) is 9.18 Å². The van der Waals surface area contributed by atoms with Crippen LogP contribution in [0.4, 0.5) is 9.52 Å². The number of halogens is 1. The van der Waals surface area contributed by atoms with Crippen LogP contribution in [0.15, 0.2) is 30.3 Å². The van der Waals surface area contributed by atoms with Crippen molar-refractivity contribution in [2.75, 3.05) is 25.5 Å². The highest BCUT2D eigenvalue weighted by Crippen LogP contribution is 2.30. The SMILES string of the molecule is CNc1nc(C)c(C(=O)N2CC[C@@H](c3cc(COc4ccccc4F)[nH]n3)C2)s1. The lowest BCUT2D eigenvalue weighted by atomic mass is 10.1. The maximum Gasteiger partial charge on any atom is 0.265 e. The van der Waals surface area contributed by atoms with E-state index in [2.05, 4.69) is 20.5 Å². The van der Waals surface area contributed by atoms with Gasteiger partial charge in [-0.25, -0.2) is 9.37 Å². The van der Waals surface area contributed by atoms with Gasteiger partial charge in [-0.1, -0.05) is 23.5 Å². The minimum atomic E-state index is -0.392. The molecule has 0 radical (unpaired) electrons. The van der Waals surface area contributed by atoms with Crippen molar-refractivity contribution in [2.45, 2.75) is 25.9 Å². The average Bonchev–Trinajstić information content (AvgIpc) is 3.46. The lowest BCUT2D eigenvalue weighted by molar-refractivity contribution is 0.0794. The van der Waals surface area contributed by atoms with Crippen molar-refractivity contribution in [3.63, 3.8) is 0 Å². The first-order valence-corrected chi connectivity index (χ1v) is 10.2. The fourth-order valence-corrected chi connectivity index (χ4v) is 4.30. The molecule has 152 valence electrons. The van der Waals surface area contributed by atoms with Crippen molar-refractivity contribution in [1.82, 2.24) is 20.1 Å². The Balaban J connectivity index is 1.37. The fraction of sp³-hybridized carbons (Fsp3) is 0.350. The molecule has 0 saturated carbocycles. The van der Waals surface area contributed by atoms with Gasteiger partial charge in [-0.3, -0.25) is 9.89 Å². The molecule has 1 aliphatic rings. The number of rotatable bonds is 6. The van der Waals surface area contributed by atoms with Crippen molar-refractivity contribution in [3.8, 4) is 5.75 Å². The van der Waals surface area contributed by atoms with E-state index in [-0.39, 0.29) is 24.2 Å². The Bertz CT molecular complexity index is 1020. The minimum absolute atomic E-state index is 0.0163. The summed E-state index contributed by atoms with van der Waals surface area (Å²) < 4.78 is 19.2. The number of para-hydroxylation sites is 1. The Labute approximate surface area is 171 Å². The molecule has 4 rings (SSSR count). The second-order valence-electron chi connectivity index (χ2n) is 6.96. The third kappa shape index (κ3) is 4.09. The van der Waals surface area contributed by atoms with Gasteiger partial charge in [0.2, 0.25) is 0 Å². The van der Waals surface area contributed by atoms with Gasteiger partial charge in [0.05, 0.1) is 17.1 Å². The molecule has 0 aliphatic carbocycles. The molecule has 0 bridgehead atoms. The number of ether oxygens (including phenoxy) is 1. The molecule has 2 aromatic heterocycles. The monoisotopic (exact) mass is 415 g/mol. The van der Waals surface area contributed by atoms with Gasteiger partial charge in [-0.15, -0.1) is 0 Å². The molecule has 0 spiro atoms. The third-order valence-corrected chi connectivity index (χ3v) is 6.13. The number of anilines is 1. The number of aromatic nitrogens is 3. The van der Waals surface area contributed by atoms with Gasteiger partial charge in [-0.2, -0.15) is 5.10 Å². The number of carbonyl (C=O) groups excluding carboxylic acids is 1. The van der Waals surface area contributed by atoms with Crippen LogP contribution in [0.1, 0.15) is 39.1 Å². The molecule has 1 amide bonds. The zero-order valence-electron chi connectivity index (χ0n) is 16.2. The van der Waals surface area contributed by atoms with Crippen LogP contribution in [0.25, 0.3) is 0 Å². The van der Waals surface area contributed by atoms with Gasteiger partial charge in [0.1, 0.15) is 11.5 Å². The molecule has 2 N–H and O–H groups in total. The molecule has 3 aromatic rings. The van der Waals surface area contributed by atoms with E-state index in [1.807, 2.05) is 17.9 Å². The number of benzene rings is 1. The summed E-state index contributed by atoms with van der Waals surface area (Å²) in [6.07, 6.45) is 0.848. The largest absolute Gasteiger partial charge is 0.484 e. The van der Waals surface area contributed by atoms with Crippen LogP contribution in [-0.2, 0) is 6.61 Å². The van der Waals surface area contributed by atoms with E-state index in [4.69, 9.17) is 4.74 Å². The first-order valence-electron chi connectivity index (χ1n) is 9.41. The maximum atomic E-state index is 13.7. The van der Waals surface area contributed by atoms with E-state index in [0.717, 1.165) is 28.6 Å². The summed E-state index contributed by atoms with van der Waals surface area (Å²) in [6, 6.07) is 8.23. The molecule has 0 unspecified atom stereocenters. The van der Waals surface area contributed by atoms with Crippen molar-refractivity contribution >= 4 is 22.4 Å². The number of nitrogens with one attached hydrogen (secondary N) is 2. The highest BCUT2D eigenvalue weighted by molar-refractivity contribution is 7.17. The van der Waals surface area contributed by atoms with E-state index in [0.29, 0.717) is 18.0 Å². The number of carbonyl (C=O) groups is 1. The Morgan fingerprint density at radius 1 is 1.45 bits per heavy atom. The predicted molar refractivity (Wildman–Crippen MR) is 109 cm³/mol. The van der Waals surface area contributed by atoms with Crippen LogP contribution >= 0.6 is 11.3 Å². The average molecular weight is 415 g/mol. The van der Waals surface area contributed by atoms with E-state index >= 15 is 0 Å². The number of hydrogen-bond donors (Lipinski definition) is 2. The number of amides is 1. The van der Waals surface area contributed by atoms with Crippen LogP contribution in [0.3, 0.4) is 0 Å². The lowest BCUT2D eigenvalue weighted by Gasteiger charge is -2.15. The normalized spacial score (nSPS) is 16.2. The van der Waals surface area contributed by atoms with Gasteiger partial charge in [0, 0.05) is 26.1 Å². The number of thiazole rings is 1. The number of hydrogen-bond acceptors (Lipinski definition) is 6. The zero-order chi connectivity index (χ0) is 20.4. The van der Waals surface area contributed by atoms with Gasteiger partial charge < -0.3 is 15.0 Å². The van der Waals surface area contributed by atoms with Crippen LogP contribution in [0.5, 0.6) is 5.75 Å². The predicted octanol–water partition coefficient (Wildman–Crippen LogP) is 3.56. The molecule has 9 heteroatoms. The summed E-state index contributed by atoms with van der Waals surface area (Å²) in [4.78, 5) is 19.7. The molecular weight excluding hydrogens is 393 g/mol. The van der Waals surface area contributed by atoms with Crippen molar-refractivity contribution in [2.24, 2.45) is 0 Å². The van der Waals surface area contributed by atoms with Crippen LogP contribution in [-0.4, -0.2) is 46.1 Å². The second-order valence-corrected chi connectivity index (χ2v) is 7.96. The summed E-state index contributed by atoms with van der Waals surface area (Å²) in [7, 11) is 1.80. The summed E-state index contributed by atoms with van der Waals surface area (Å²) >= 11 is 1.38. The highest BCUT2D eigenvalue weighted by atomic mass is 32.1. The molecule has 3 heterocycles. The quantitative estimate of drug-likeness (QED) is 0.643. The van der Waals surface area contributed by atoms with E-state index in [1.165, 1.54) is 17.4 Å². The number of aromatic amines is 1. The molecule has 1 aromatic carbocycles. The Morgan fingerprint density at radius 2 is 2.28 bits per heavy atom. The Hall–Kier alpha value is -2.94. The molecule has 1 aliphatic heterocycles. The van der Waals surface area contributed by atoms with Gasteiger partial charge in [0.15, 0.2) is 16.7 Å². The Morgan fingerprint density at radius 3 is 3.03 bits per heavy atom. The summed E-state index contributed by atoms with van der Waals surface area (Å²) in [5, 5.41) is 11.1. The fourth-order valence-electron chi connectivity index (χ4n) is 3.41. The first kappa shape index (κ1) is 19.4. The van der Waals surface area contributed by atoms with Gasteiger partial charge in [-0.05, 0) is 31.5 Å². The van der Waals surface area contributed by atoms with E-state index in [1.54, 1.807) is 25.2 Å². The van der Waals surface area contributed by atoms with Gasteiger partial charge >= 0.3 is 0 Å². The molecule has 1 atom stereocenters. The van der Waals surface area contributed by atoms with Crippen LogP contribution < -0.4 is 10.1 Å². The maximum absolute atomic E-state index is 13.7. The summed E-state index contributed by atoms with van der Waals surface area (Å²) in [5.74, 6) is -0.00353. The van der Waals surface area contributed by atoms with Crippen molar-refractivity contribution in [1.29, 1.82) is 0 Å². The molecule has 29 heavy (non-hydrogen) atoms. The second kappa shape index (κ2) is 8.20. The lowest BCUT2D eigenvalue weighted by Crippen LogP contribution is -2.28. The number of nitrogens with zero attached hydrogens (tertiary/aromatic N) is 3. The first-order chi connectivity index (χ1) is 14.0. The number of aryl methyl sites for hydroxylation is 1. The molecular formula is C20H22FN5O2S. The summed E-state index contributed by atoms with van der Waals surface area (Å²) in [5.41, 5.74) is 2.41. The van der Waals surface area contributed by atoms with Crippen molar-refractivity contribution in [3.05, 3.63) is 58.1 Å². The van der Waals surface area contributed by atoms with E-state index < -0.39 is 5.82 Å². The third-order valence-electron chi connectivity index (χ3n) is 4.97. The standard InChI is InChI=1S/C20H22FN5O2S/c1-12-18(29-20(22-2)23-12)19(27)26-8-7-13(10-26)16-9-14(24-25-16)11-28-17-6-4-3-5-15(17)21/h3-6,9,13H,7-8,10-11H2,1-2H3,(H,22,23)(H,24,25)/t13-/m1/s1. The smallest absolute Gasteiger partial charge is 0.265 e. The number of likely N-dealkylation sites (tertiary alicyclic amines) is 1. The molecule has 1 fully saturated rings. The Kier molecular flexibility index (Phi) is 5.48. The minimum Gasteiger partial charge on any atom is -0.484 e. The topological polar surface area (TPSA) is 83.1 Å². The molecule has 7 nitrogen and oxygen atoms in total. The van der Waals surface area contributed by atoms with Crippen LogP contribution in [0.2, 0.25) is 0 Å². The van der Waals surface area contributed by atoms with Crippen LogP contribution in [0, 0.1) is 12.7 Å². The number of H-pyrrole nitrogens is 1. The highest BCUT2D eigenvalue weighted by Gasteiger charge is 2.31. The van der Waals surface area contributed by atoms with Gasteiger partial charge in [0.25, 0.3) is 5.91 Å². The molecule has 1 saturated heterocycles. The zero-order valence-corrected chi connectivity index (χ0v) is 17.1.